The average molecular weight is 823 g/mol. The number of unbranched alkanes of at least 4 members (excludes halogenated alkanes) is 1. The molecule has 0 aliphatic heterocycles. The zero-order chi connectivity index (χ0) is 36.1. The molecule has 0 amide bonds. The molecule has 7 aromatic carbocycles. The maximum absolute atomic E-state index is 2.99. The SMILES string of the molecule is CCCCc1c(C)c(-c2ccccc2)cc2c1[cH-]c1cc(C)c(-c3ccccc3)cc12.[C-]1=CC=CC1.[Cl-].[Cl-].[Zr+2]=[C](Cc1ccccc1)Cc1ccccc1. The normalized spacial score (nSPS) is 11.2. The summed E-state index contributed by atoms with van der Waals surface area (Å²) in [6.45, 7) is 6.83. The van der Waals surface area contributed by atoms with Gasteiger partial charge in [-0.25, -0.2) is 12.2 Å². The van der Waals surface area contributed by atoms with Crippen molar-refractivity contribution in [2.45, 2.75) is 59.3 Å². The van der Waals surface area contributed by atoms with Crippen LogP contribution in [0.5, 0.6) is 0 Å². The van der Waals surface area contributed by atoms with Crippen molar-refractivity contribution >= 4 is 24.8 Å². The van der Waals surface area contributed by atoms with Crippen LogP contribution in [-0.2, 0) is 43.5 Å². The molecule has 0 fully saturated rings. The molecule has 0 saturated heterocycles. The number of hydrogen-bond donors (Lipinski definition) is 0. The Labute approximate surface area is 350 Å². The molecule has 0 aromatic heterocycles. The number of allylic oxidation sites excluding steroid dienone is 4. The molecule has 0 spiro atoms. The van der Waals surface area contributed by atoms with Crippen LogP contribution in [0.1, 0.15) is 54.0 Å². The van der Waals surface area contributed by atoms with E-state index in [-0.39, 0.29) is 24.8 Å². The van der Waals surface area contributed by atoms with Crippen molar-refractivity contribution in [3.8, 4) is 22.3 Å². The van der Waals surface area contributed by atoms with Crippen molar-refractivity contribution in [3.63, 3.8) is 0 Å². The van der Waals surface area contributed by atoms with Gasteiger partial charge in [-0.2, -0.15) is 6.08 Å². The van der Waals surface area contributed by atoms with Crippen LogP contribution in [0.15, 0.2) is 164 Å². The van der Waals surface area contributed by atoms with Crippen molar-refractivity contribution in [3.05, 3.63) is 198 Å². The summed E-state index contributed by atoms with van der Waals surface area (Å²) in [5.74, 6) is 0. The zero-order valence-corrected chi connectivity index (χ0v) is 35.6. The minimum absolute atomic E-state index is 0. The topological polar surface area (TPSA) is 0 Å². The fourth-order valence-corrected chi connectivity index (χ4v) is 8.10. The number of halogens is 2. The van der Waals surface area contributed by atoms with Gasteiger partial charge >= 0.3 is 112 Å². The van der Waals surface area contributed by atoms with Crippen molar-refractivity contribution in [1.82, 2.24) is 0 Å². The summed E-state index contributed by atoms with van der Waals surface area (Å²) >= 11 is 1.55. The van der Waals surface area contributed by atoms with E-state index in [0.29, 0.717) is 0 Å². The van der Waals surface area contributed by atoms with Gasteiger partial charge in [-0.15, -0.1) is 45.7 Å². The predicted molar refractivity (Wildman–Crippen MR) is 223 cm³/mol. The summed E-state index contributed by atoms with van der Waals surface area (Å²) in [5.41, 5.74) is 12.4. The summed E-state index contributed by atoms with van der Waals surface area (Å²) in [7, 11) is 0. The molecule has 0 atom stereocenters. The van der Waals surface area contributed by atoms with E-state index in [2.05, 4.69) is 179 Å². The van der Waals surface area contributed by atoms with E-state index < -0.39 is 0 Å². The monoisotopic (exact) mass is 820 g/mol. The second-order valence-corrected chi connectivity index (χ2v) is 15.4. The van der Waals surface area contributed by atoms with Crippen LogP contribution in [0.25, 0.3) is 43.8 Å². The number of fused-ring (bicyclic) bond motifs is 3. The predicted octanol–water partition coefficient (Wildman–Crippen LogP) is 7.51. The molecule has 1 aliphatic rings. The molecule has 0 saturated carbocycles. The van der Waals surface area contributed by atoms with Crippen molar-refractivity contribution in [1.29, 1.82) is 0 Å². The standard InChI is InChI=1S/C31H29.C15H14.C5H5.2ClH.Zr/c1-4-5-16-26-22(3)28(24-14-10-7-11-15-24)20-31-29-19-27(23-12-8-6-9-13-23)21(2)17-25(29)18-30(26)31;1-3-8-14(9-4-1)12-7-13-15-10-5-2-6-11-15;1-2-4-5-3-1;;;/h6-15,17-20H,4-5,16H2,1-3H3;1-6,8-11H,12-13H2;1-3H,4H2;2*1H;/q-1;;-1;;;+2/p-2. The van der Waals surface area contributed by atoms with E-state index in [1.165, 1.54) is 84.5 Å². The third kappa shape index (κ3) is 11.3. The maximum atomic E-state index is 2.99. The first kappa shape index (κ1) is 42.7. The van der Waals surface area contributed by atoms with E-state index in [0.717, 1.165) is 25.7 Å². The Morgan fingerprint density at radius 1 is 0.667 bits per heavy atom. The fraction of sp³-hybridized carbons (Fsp3) is 0.176. The van der Waals surface area contributed by atoms with Crippen LogP contribution in [0.2, 0.25) is 0 Å². The summed E-state index contributed by atoms with van der Waals surface area (Å²) < 4.78 is 1.60. The van der Waals surface area contributed by atoms with Crippen molar-refractivity contribution in [2.75, 3.05) is 0 Å². The van der Waals surface area contributed by atoms with Crippen LogP contribution in [0, 0.1) is 19.9 Å². The number of benzene rings is 6. The average Bonchev–Trinajstić information content (AvgIpc) is 3.88. The molecule has 0 bridgehead atoms. The molecule has 272 valence electrons. The van der Waals surface area contributed by atoms with Gasteiger partial charge < -0.3 is 24.8 Å². The molecule has 7 aromatic rings. The minimum atomic E-state index is 0. The van der Waals surface area contributed by atoms with Gasteiger partial charge in [0, 0.05) is 0 Å². The molecule has 8 rings (SSSR count). The van der Waals surface area contributed by atoms with Crippen LogP contribution >= 0.6 is 0 Å². The van der Waals surface area contributed by atoms with Crippen LogP contribution in [0.4, 0.5) is 0 Å². The first-order chi connectivity index (χ1) is 25.5. The Kier molecular flexibility index (Phi) is 17.2. The van der Waals surface area contributed by atoms with Gasteiger partial charge in [0.2, 0.25) is 0 Å². The Morgan fingerprint density at radius 3 is 1.67 bits per heavy atom. The number of hydrogen-bond acceptors (Lipinski definition) is 0. The Morgan fingerprint density at radius 2 is 1.19 bits per heavy atom. The van der Waals surface area contributed by atoms with Crippen molar-refractivity contribution in [2.24, 2.45) is 0 Å². The van der Waals surface area contributed by atoms with Gasteiger partial charge in [-0.05, 0) is 36.1 Å². The molecule has 3 heteroatoms. The third-order valence-electron chi connectivity index (χ3n) is 9.80. The molecule has 0 unspecified atom stereocenters. The van der Waals surface area contributed by atoms with E-state index in [1.54, 1.807) is 27.4 Å². The Balaban J connectivity index is 0.000000236. The molecular formula is C51H48Cl2Zr-2. The van der Waals surface area contributed by atoms with Gasteiger partial charge in [0.25, 0.3) is 0 Å². The molecule has 54 heavy (non-hydrogen) atoms. The van der Waals surface area contributed by atoms with Crippen LogP contribution < -0.4 is 24.8 Å². The molecule has 0 N–H and O–H groups in total. The van der Waals surface area contributed by atoms with Crippen LogP contribution in [-0.4, -0.2) is 3.21 Å². The number of rotatable bonds is 9. The Bertz CT molecular complexity index is 2210. The second-order valence-electron chi connectivity index (χ2n) is 13.7. The third-order valence-corrected chi connectivity index (χ3v) is 10.7. The summed E-state index contributed by atoms with van der Waals surface area (Å²) in [4.78, 5) is 0. The molecular weight excluding hydrogens is 775 g/mol. The molecule has 1 aliphatic carbocycles. The van der Waals surface area contributed by atoms with E-state index >= 15 is 0 Å². The van der Waals surface area contributed by atoms with Crippen molar-refractivity contribution < 1.29 is 49.0 Å². The van der Waals surface area contributed by atoms with Crippen LogP contribution in [0.3, 0.4) is 0 Å². The van der Waals surface area contributed by atoms with Gasteiger partial charge in [0.05, 0.1) is 0 Å². The summed E-state index contributed by atoms with van der Waals surface area (Å²) in [5, 5.41) is 5.55. The van der Waals surface area contributed by atoms with E-state index in [4.69, 9.17) is 0 Å². The number of aryl methyl sites for hydroxylation is 2. The summed E-state index contributed by atoms with van der Waals surface area (Å²) in [6.07, 6.45) is 15.8. The fourth-order valence-electron chi connectivity index (χ4n) is 7.09. The first-order valence-corrected chi connectivity index (χ1v) is 19.9. The van der Waals surface area contributed by atoms with Gasteiger partial charge in [-0.3, -0.25) is 6.08 Å². The Hall–Kier alpha value is -4.00. The summed E-state index contributed by atoms with van der Waals surface area (Å²) in [6, 6.07) is 52.7. The second kappa shape index (κ2) is 21.8. The molecule has 0 radical (unpaired) electrons. The molecule has 0 nitrogen and oxygen atoms in total. The molecule has 0 heterocycles. The van der Waals surface area contributed by atoms with Gasteiger partial charge in [-0.1, -0.05) is 110 Å². The van der Waals surface area contributed by atoms with Gasteiger partial charge in [0.1, 0.15) is 0 Å². The first-order valence-electron chi connectivity index (χ1n) is 18.6. The van der Waals surface area contributed by atoms with E-state index in [9.17, 15) is 0 Å². The van der Waals surface area contributed by atoms with E-state index in [1.807, 2.05) is 12.2 Å². The quantitative estimate of drug-likeness (QED) is 0.132. The van der Waals surface area contributed by atoms with Gasteiger partial charge in [0.15, 0.2) is 0 Å². The zero-order valence-electron chi connectivity index (χ0n) is 31.6.